The number of hydrogen-bond donors (Lipinski definition) is 0. The van der Waals surface area contributed by atoms with Crippen LogP contribution in [0.15, 0.2) is 46.6 Å². The van der Waals surface area contributed by atoms with Crippen LogP contribution in [0.3, 0.4) is 0 Å². The zero-order valence-corrected chi connectivity index (χ0v) is 16.8. The molecule has 0 aromatic heterocycles. The molecule has 0 spiro atoms. The lowest BCUT2D eigenvalue weighted by molar-refractivity contribution is -0.149. The smallest absolute Gasteiger partial charge is 0.344 e. The van der Waals surface area contributed by atoms with Crippen LogP contribution >= 0.6 is 15.9 Å². The summed E-state index contributed by atoms with van der Waals surface area (Å²) in [6.07, 6.45) is 1.50. The van der Waals surface area contributed by atoms with Gasteiger partial charge in [0.25, 0.3) is 0 Å². The topological polar surface area (TPSA) is 61.8 Å². The molecule has 0 unspecified atom stereocenters. The Bertz CT molecular complexity index is 913. The van der Waals surface area contributed by atoms with Gasteiger partial charge in [0.1, 0.15) is 11.5 Å². The lowest BCUT2D eigenvalue weighted by atomic mass is 10.1. The summed E-state index contributed by atoms with van der Waals surface area (Å²) in [5.74, 6) is 0.566. The molecule has 3 rings (SSSR count). The summed E-state index contributed by atoms with van der Waals surface area (Å²) in [4.78, 5) is 24.3. The number of hydrogen-bond acceptors (Lipinski definition) is 5. The maximum atomic E-state index is 12.6. The van der Waals surface area contributed by atoms with Gasteiger partial charge in [-0.15, -0.1) is 0 Å². The zero-order chi connectivity index (χ0) is 19.6. The number of halogens is 1. The van der Waals surface area contributed by atoms with Crippen molar-refractivity contribution in [3.63, 3.8) is 0 Å². The van der Waals surface area contributed by atoms with Crippen molar-refractivity contribution in [2.45, 2.75) is 26.9 Å². The summed E-state index contributed by atoms with van der Waals surface area (Å²) in [7, 11) is 0. The molecule has 1 heterocycles. The Hall–Kier alpha value is -2.60. The molecule has 1 aliphatic heterocycles. The molecule has 2 aromatic rings. The van der Waals surface area contributed by atoms with E-state index in [0.29, 0.717) is 22.6 Å². The average molecular weight is 431 g/mol. The van der Waals surface area contributed by atoms with E-state index in [1.807, 2.05) is 24.3 Å². The first-order valence-corrected chi connectivity index (χ1v) is 9.30. The first-order valence-electron chi connectivity index (χ1n) is 8.51. The van der Waals surface area contributed by atoms with E-state index < -0.39 is 5.97 Å². The van der Waals surface area contributed by atoms with Gasteiger partial charge in [0, 0.05) is 10.0 Å². The molecule has 0 aliphatic carbocycles. The molecule has 0 saturated carbocycles. The fraction of sp³-hybridized carbons (Fsp3) is 0.238. The minimum absolute atomic E-state index is 0.179. The number of fused-ring (bicyclic) bond motifs is 1. The molecule has 0 N–H and O–H groups in total. The molecule has 0 radical (unpaired) electrons. The van der Waals surface area contributed by atoms with Crippen LogP contribution in [0.2, 0.25) is 0 Å². The van der Waals surface area contributed by atoms with Crippen molar-refractivity contribution in [2.75, 3.05) is 6.61 Å². The van der Waals surface area contributed by atoms with Crippen molar-refractivity contribution >= 4 is 33.8 Å². The van der Waals surface area contributed by atoms with Gasteiger partial charge >= 0.3 is 5.97 Å². The van der Waals surface area contributed by atoms with Crippen LogP contribution < -0.4 is 9.47 Å². The largest absolute Gasteiger partial charge is 0.481 e. The Morgan fingerprint density at radius 2 is 1.89 bits per heavy atom. The van der Waals surface area contributed by atoms with Gasteiger partial charge in [-0.3, -0.25) is 4.79 Å². The van der Waals surface area contributed by atoms with E-state index in [0.717, 1.165) is 10.0 Å². The third kappa shape index (κ3) is 4.39. The molecule has 0 saturated heterocycles. The highest BCUT2D eigenvalue weighted by molar-refractivity contribution is 9.10. The van der Waals surface area contributed by atoms with Gasteiger partial charge in [-0.05, 0) is 56.7 Å². The molecule has 5 nitrogen and oxygen atoms in total. The molecule has 2 aromatic carbocycles. The normalized spacial score (nSPS) is 14.3. The van der Waals surface area contributed by atoms with Crippen molar-refractivity contribution in [3.05, 3.63) is 63.3 Å². The minimum Gasteiger partial charge on any atom is -0.481 e. The fourth-order valence-electron chi connectivity index (χ4n) is 2.67. The highest BCUT2D eigenvalue weighted by Crippen LogP contribution is 2.39. The van der Waals surface area contributed by atoms with Crippen LogP contribution in [-0.4, -0.2) is 24.5 Å². The number of benzene rings is 2. The number of allylic oxidation sites excluding steroid dienone is 1. The number of ether oxygens (including phenoxy) is 3. The van der Waals surface area contributed by atoms with Gasteiger partial charge in [0.15, 0.2) is 12.4 Å². The quantitative estimate of drug-likeness (QED) is 0.507. The van der Waals surface area contributed by atoms with E-state index in [4.69, 9.17) is 14.2 Å². The van der Waals surface area contributed by atoms with Crippen LogP contribution in [0.5, 0.6) is 11.5 Å². The molecular weight excluding hydrogens is 412 g/mol. The maximum absolute atomic E-state index is 12.6. The van der Waals surface area contributed by atoms with E-state index in [1.165, 1.54) is 0 Å². The Kier molecular flexibility index (Phi) is 5.65. The Morgan fingerprint density at radius 1 is 1.19 bits per heavy atom. The average Bonchev–Trinajstić information content (AvgIpc) is 2.93. The predicted octanol–water partition coefficient (Wildman–Crippen LogP) is 4.70. The second-order valence-corrected chi connectivity index (χ2v) is 7.30. The third-order valence-corrected chi connectivity index (χ3v) is 4.45. The van der Waals surface area contributed by atoms with Gasteiger partial charge in [-0.25, -0.2) is 4.79 Å². The van der Waals surface area contributed by atoms with E-state index in [2.05, 4.69) is 15.9 Å². The van der Waals surface area contributed by atoms with Crippen molar-refractivity contribution in [3.8, 4) is 11.5 Å². The molecule has 140 valence electrons. The first-order chi connectivity index (χ1) is 12.8. The number of carbonyl (C=O) groups excluding carboxylic acids is 2. The molecule has 6 heteroatoms. The van der Waals surface area contributed by atoms with Crippen molar-refractivity contribution < 1.29 is 23.8 Å². The number of ketones is 1. The lowest BCUT2D eigenvalue weighted by Crippen LogP contribution is -2.19. The van der Waals surface area contributed by atoms with Crippen molar-refractivity contribution in [2.24, 2.45) is 0 Å². The molecule has 0 atom stereocenters. The van der Waals surface area contributed by atoms with E-state index in [9.17, 15) is 9.59 Å². The second kappa shape index (κ2) is 7.96. The van der Waals surface area contributed by atoms with E-state index >= 15 is 0 Å². The Morgan fingerprint density at radius 3 is 2.56 bits per heavy atom. The molecular formula is C21H19BrO5. The van der Waals surface area contributed by atoms with Crippen LogP contribution in [0.1, 0.15) is 35.3 Å². The summed E-state index contributed by atoms with van der Waals surface area (Å²) in [5.41, 5.74) is 2.00. The first kappa shape index (κ1) is 19.2. The van der Waals surface area contributed by atoms with Crippen LogP contribution in [0.4, 0.5) is 0 Å². The van der Waals surface area contributed by atoms with Crippen LogP contribution in [-0.2, 0) is 9.53 Å². The van der Waals surface area contributed by atoms with Crippen molar-refractivity contribution in [1.29, 1.82) is 0 Å². The summed E-state index contributed by atoms with van der Waals surface area (Å²) >= 11 is 3.38. The molecule has 0 amide bonds. The highest BCUT2D eigenvalue weighted by Gasteiger charge is 2.30. The van der Waals surface area contributed by atoms with Gasteiger partial charge in [-0.2, -0.15) is 0 Å². The minimum atomic E-state index is -0.447. The summed E-state index contributed by atoms with van der Waals surface area (Å²) in [5, 5.41) is 0. The zero-order valence-electron chi connectivity index (χ0n) is 15.2. The van der Waals surface area contributed by atoms with E-state index in [1.54, 1.807) is 39.0 Å². The molecule has 0 bridgehead atoms. The molecule has 27 heavy (non-hydrogen) atoms. The van der Waals surface area contributed by atoms with Gasteiger partial charge < -0.3 is 14.2 Å². The number of Topliss-reactive ketones (excluding diaryl/α,β-unsaturated/α-hetero) is 1. The monoisotopic (exact) mass is 430 g/mol. The summed E-state index contributed by atoms with van der Waals surface area (Å²) < 4.78 is 17.3. The second-order valence-electron chi connectivity index (χ2n) is 6.38. The van der Waals surface area contributed by atoms with E-state index in [-0.39, 0.29) is 24.3 Å². The maximum Gasteiger partial charge on any atom is 0.344 e. The number of rotatable bonds is 5. The fourth-order valence-corrected chi connectivity index (χ4v) is 2.93. The number of esters is 1. The summed E-state index contributed by atoms with van der Waals surface area (Å²) in [6, 6.07) is 10.9. The van der Waals surface area contributed by atoms with Crippen molar-refractivity contribution in [1.82, 2.24) is 0 Å². The lowest BCUT2D eigenvalue weighted by Gasteiger charge is -2.12. The van der Waals surface area contributed by atoms with Gasteiger partial charge in [-0.1, -0.05) is 28.1 Å². The standard InChI is InChI=1S/C21H19BrO5/c1-12(2)26-19(23)11-25-17-9-8-16-20(24)18(27-21(16)13(17)3)10-14-4-6-15(22)7-5-14/h4-10,12H,11H2,1-3H3/b18-10-. The highest BCUT2D eigenvalue weighted by atomic mass is 79.9. The molecule has 1 aliphatic rings. The van der Waals surface area contributed by atoms with Crippen LogP contribution in [0.25, 0.3) is 6.08 Å². The molecule has 0 fully saturated rings. The Balaban J connectivity index is 1.79. The SMILES string of the molecule is Cc1c(OCC(=O)OC(C)C)ccc2c1O/C(=C\c1ccc(Br)cc1)C2=O. The summed E-state index contributed by atoms with van der Waals surface area (Å²) in [6.45, 7) is 5.14. The van der Waals surface area contributed by atoms with Gasteiger partial charge in [0.05, 0.1) is 11.7 Å². The Labute approximate surface area is 166 Å². The van der Waals surface area contributed by atoms with Crippen LogP contribution in [0, 0.1) is 6.92 Å². The predicted molar refractivity (Wildman–Crippen MR) is 105 cm³/mol. The third-order valence-electron chi connectivity index (χ3n) is 3.92. The van der Waals surface area contributed by atoms with Gasteiger partial charge in [0.2, 0.25) is 5.78 Å². The number of carbonyl (C=O) groups is 2.